The zero-order chi connectivity index (χ0) is 12.8. The molecule has 0 bridgehead atoms. The van der Waals surface area contributed by atoms with Crippen LogP contribution in [0.2, 0.25) is 0 Å². The standard InChI is InChI=1S/C13H24N2O2/c1-4-5-6-7-8-9-15-11(3)12(16)14-10(2)13(15)17/h10-11H,4-9H2,1-3H3,(H,14,16). The van der Waals surface area contributed by atoms with Gasteiger partial charge in [-0.3, -0.25) is 9.59 Å². The van der Waals surface area contributed by atoms with Crippen LogP contribution in [0, 0.1) is 0 Å². The average molecular weight is 240 g/mol. The van der Waals surface area contributed by atoms with Gasteiger partial charge in [0.2, 0.25) is 11.8 Å². The Kier molecular flexibility index (Phi) is 5.45. The summed E-state index contributed by atoms with van der Waals surface area (Å²) in [5, 5.41) is 2.69. The molecule has 0 aromatic rings. The Bertz CT molecular complexity index is 279. The van der Waals surface area contributed by atoms with E-state index in [-0.39, 0.29) is 23.9 Å². The lowest BCUT2D eigenvalue weighted by Gasteiger charge is -2.36. The predicted octanol–water partition coefficient (Wildman–Crippen LogP) is 1.69. The minimum absolute atomic E-state index is 0.0364. The van der Waals surface area contributed by atoms with E-state index in [9.17, 15) is 9.59 Å². The van der Waals surface area contributed by atoms with Crippen LogP contribution in [0.1, 0.15) is 52.9 Å². The third-order valence-electron chi connectivity index (χ3n) is 3.36. The van der Waals surface area contributed by atoms with Gasteiger partial charge in [0.25, 0.3) is 0 Å². The summed E-state index contributed by atoms with van der Waals surface area (Å²) < 4.78 is 0. The van der Waals surface area contributed by atoms with Crippen LogP contribution in [0.5, 0.6) is 0 Å². The molecule has 0 aromatic heterocycles. The number of nitrogens with zero attached hydrogens (tertiary/aromatic N) is 1. The zero-order valence-corrected chi connectivity index (χ0v) is 11.2. The van der Waals surface area contributed by atoms with Crippen LogP contribution in [-0.2, 0) is 9.59 Å². The topological polar surface area (TPSA) is 49.4 Å². The smallest absolute Gasteiger partial charge is 0.245 e. The number of carbonyl (C=O) groups is 2. The highest BCUT2D eigenvalue weighted by Gasteiger charge is 2.34. The Hall–Kier alpha value is -1.06. The molecule has 0 aliphatic carbocycles. The number of piperazine rings is 1. The summed E-state index contributed by atoms with van der Waals surface area (Å²) in [5.41, 5.74) is 0. The summed E-state index contributed by atoms with van der Waals surface area (Å²) in [5.74, 6) is 0.0123. The summed E-state index contributed by atoms with van der Waals surface area (Å²) in [7, 11) is 0. The van der Waals surface area contributed by atoms with E-state index in [1.54, 1.807) is 18.7 Å². The fourth-order valence-electron chi connectivity index (χ4n) is 2.17. The van der Waals surface area contributed by atoms with Crippen LogP contribution in [0.4, 0.5) is 0 Å². The summed E-state index contributed by atoms with van der Waals surface area (Å²) in [4.78, 5) is 25.2. The van der Waals surface area contributed by atoms with Gasteiger partial charge >= 0.3 is 0 Å². The molecule has 98 valence electrons. The van der Waals surface area contributed by atoms with Crippen LogP contribution in [0.25, 0.3) is 0 Å². The molecule has 0 spiro atoms. The third kappa shape index (κ3) is 3.72. The Balaban J connectivity index is 2.38. The van der Waals surface area contributed by atoms with Crippen molar-refractivity contribution in [3.8, 4) is 0 Å². The molecule has 1 fully saturated rings. The Morgan fingerprint density at radius 3 is 2.41 bits per heavy atom. The van der Waals surface area contributed by atoms with Gasteiger partial charge in [-0.05, 0) is 20.3 Å². The third-order valence-corrected chi connectivity index (χ3v) is 3.36. The van der Waals surface area contributed by atoms with Crippen molar-refractivity contribution in [3.63, 3.8) is 0 Å². The highest BCUT2D eigenvalue weighted by molar-refractivity contribution is 5.96. The van der Waals surface area contributed by atoms with E-state index in [2.05, 4.69) is 12.2 Å². The van der Waals surface area contributed by atoms with Gasteiger partial charge in [0.1, 0.15) is 12.1 Å². The second-order valence-corrected chi connectivity index (χ2v) is 4.85. The first-order valence-electron chi connectivity index (χ1n) is 6.68. The van der Waals surface area contributed by atoms with Crippen molar-refractivity contribution in [2.75, 3.05) is 6.54 Å². The lowest BCUT2D eigenvalue weighted by Crippen LogP contribution is -2.61. The highest BCUT2D eigenvalue weighted by atomic mass is 16.2. The van der Waals surface area contributed by atoms with E-state index in [0.717, 1.165) is 12.8 Å². The number of hydrogen-bond donors (Lipinski definition) is 1. The molecule has 17 heavy (non-hydrogen) atoms. The molecule has 1 rings (SSSR count). The minimum atomic E-state index is -0.366. The zero-order valence-electron chi connectivity index (χ0n) is 11.2. The number of amides is 2. The van der Waals surface area contributed by atoms with Gasteiger partial charge in [-0.25, -0.2) is 0 Å². The molecular formula is C13H24N2O2. The summed E-state index contributed by atoms with van der Waals surface area (Å²) in [6, 6.07) is -0.681. The van der Waals surface area contributed by atoms with E-state index in [0.29, 0.717) is 6.54 Å². The molecule has 0 saturated carbocycles. The Morgan fingerprint density at radius 2 is 1.76 bits per heavy atom. The normalized spacial score (nSPS) is 25.0. The molecule has 0 radical (unpaired) electrons. The van der Waals surface area contributed by atoms with Crippen LogP contribution in [0.3, 0.4) is 0 Å². The maximum atomic E-state index is 11.9. The number of rotatable bonds is 6. The summed E-state index contributed by atoms with van der Waals surface area (Å²) in [6.07, 6.45) is 5.82. The average Bonchev–Trinajstić information content (AvgIpc) is 2.30. The molecule has 1 saturated heterocycles. The van der Waals surface area contributed by atoms with Crippen molar-refractivity contribution >= 4 is 11.8 Å². The second-order valence-electron chi connectivity index (χ2n) is 4.85. The molecule has 2 unspecified atom stereocenters. The Labute approximate surface area is 104 Å². The first kappa shape index (κ1) is 14.0. The highest BCUT2D eigenvalue weighted by Crippen LogP contribution is 2.12. The monoisotopic (exact) mass is 240 g/mol. The van der Waals surface area contributed by atoms with E-state index in [1.165, 1.54) is 19.3 Å². The molecule has 4 heteroatoms. The fraction of sp³-hybridized carbons (Fsp3) is 0.846. The van der Waals surface area contributed by atoms with Crippen molar-refractivity contribution < 1.29 is 9.59 Å². The van der Waals surface area contributed by atoms with Gasteiger partial charge in [0.05, 0.1) is 0 Å². The van der Waals surface area contributed by atoms with E-state index >= 15 is 0 Å². The second kappa shape index (κ2) is 6.62. The molecule has 2 amide bonds. The lowest BCUT2D eigenvalue weighted by molar-refractivity contribution is -0.148. The number of carbonyl (C=O) groups excluding carboxylic acids is 2. The quantitative estimate of drug-likeness (QED) is 0.718. The van der Waals surface area contributed by atoms with Gasteiger partial charge in [-0.1, -0.05) is 32.6 Å². The fourth-order valence-corrected chi connectivity index (χ4v) is 2.17. The maximum absolute atomic E-state index is 11.9. The number of nitrogens with one attached hydrogen (secondary N) is 1. The SMILES string of the molecule is CCCCCCCN1C(=O)C(C)NC(=O)C1C. The minimum Gasteiger partial charge on any atom is -0.343 e. The van der Waals surface area contributed by atoms with Crippen molar-refractivity contribution in [1.29, 1.82) is 0 Å². The number of unbranched alkanes of at least 4 members (excludes halogenated alkanes) is 4. The first-order valence-corrected chi connectivity index (χ1v) is 6.68. The van der Waals surface area contributed by atoms with Crippen molar-refractivity contribution in [2.24, 2.45) is 0 Å². The van der Waals surface area contributed by atoms with Crippen LogP contribution in [0.15, 0.2) is 0 Å². The Morgan fingerprint density at radius 1 is 1.12 bits per heavy atom. The molecular weight excluding hydrogens is 216 g/mol. The van der Waals surface area contributed by atoms with Crippen LogP contribution >= 0.6 is 0 Å². The number of hydrogen-bond acceptors (Lipinski definition) is 2. The van der Waals surface area contributed by atoms with Gasteiger partial charge in [0.15, 0.2) is 0 Å². The van der Waals surface area contributed by atoms with E-state index < -0.39 is 0 Å². The lowest BCUT2D eigenvalue weighted by atomic mass is 10.1. The summed E-state index contributed by atoms with van der Waals surface area (Å²) in [6.45, 7) is 6.44. The van der Waals surface area contributed by atoms with Crippen LogP contribution in [-0.4, -0.2) is 35.3 Å². The van der Waals surface area contributed by atoms with E-state index in [1.807, 2.05) is 0 Å². The largest absolute Gasteiger partial charge is 0.343 e. The molecule has 1 heterocycles. The molecule has 1 aliphatic rings. The molecule has 4 nitrogen and oxygen atoms in total. The van der Waals surface area contributed by atoms with Crippen LogP contribution < -0.4 is 5.32 Å². The molecule has 2 atom stereocenters. The molecule has 1 aliphatic heterocycles. The first-order chi connectivity index (χ1) is 8.07. The van der Waals surface area contributed by atoms with Crippen molar-refractivity contribution in [3.05, 3.63) is 0 Å². The van der Waals surface area contributed by atoms with Gasteiger partial charge in [0, 0.05) is 6.54 Å². The van der Waals surface area contributed by atoms with Gasteiger partial charge in [-0.15, -0.1) is 0 Å². The predicted molar refractivity (Wildman–Crippen MR) is 67.5 cm³/mol. The van der Waals surface area contributed by atoms with Crippen molar-refractivity contribution in [2.45, 2.75) is 65.0 Å². The molecule has 0 aromatic carbocycles. The van der Waals surface area contributed by atoms with E-state index in [4.69, 9.17) is 0 Å². The van der Waals surface area contributed by atoms with Gasteiger partial charge < -0.3 is 10.2 Å². The molecule has 1 N–H and O–H groups in total. The maximum Gasteiger partial charge on any atom is 0.245 e. The summed E-state index contributed by atoms with van der Waals surface area (Å²) >= 11 is 0. The van der Waals surface area contributed by atoms with Crippen molar-refractivity contribution in [1.82, 2.24) is 10.2 Å². The van der Waals surface area contributed by atoms with Gasteiger partial charge in [-0.2, -0.15) is 0 Å².